The van der Waals surface area contributed by atoms with Gasteiger partial charge in [-0.25, -0.2) is 14.8 Å². The highest BCUT2D eigenvalue weighted by Crippen LogP contribution is 2.29. The Morgan fingerprint density at radius 2 is 2.07 bits per heavy atom. The summed E-state index contributed by atoms with van der Waals surface area (Å²) in [5, 5.41) is 0. The smallest absolute Gasteiger partial charge is 0.330 e. The van der Waals surface area contributed by atoms with Gasteiger partial charge in [0.1, 0.15) is 12.1 Å². The average molecular weight is 378 g/mol. The van der Waals surface area contributed by atoms with Crippen LogP contribution in [0.2, 0.25) is 0 Å². The van der Waals surface area contributed by atoms with Crippen molar-refractivity contribution in [2.45, 2.75) is 13.8 Å². The highest BCUT2D eigenvalue weighted by Gasteiger charge is 2.20. The van der Waals surface area contributed by atoms with Gasteiger partial charge in [0.25, 0.3) is 0 Å². The predicted octanol–water partition coefficient (Wildman–Crippen LogP) is 3.38. The summed E-state index contributed by atoms with van der Waals surface area (Å²) in [6, 6.07) is 7.99. The number of carbonyl (C=O) groups excluding carboxylic acids is 1. The van der Waals surface area contributed by atoms with E-state index in [9.17, 15) is 4.79 Å². The van der Waals surface area contributed by atoms with Crippen molar-refractivity contribution in [3.63, 3.8) is 0 Å². The van der Waals surface area contributed by atoms with E-state index in [4.69, 9.17) is 4.74 Å². The van der Waals surface area contributed by atoms with Crippen LogP contribution < -0.4 is 4.90 Å². The minimum atomic E-state index is -0.341. The lowest BCUT2D eigenvalue weighted by atomic mass is 10.0. The molecule has 6 heteroatoms. The lowest BCUT2D eigenvalue weighted by Crippen LogP contribution is -2.45. The van der Waals surface area contributed by atoms with Crippen molar-refractivity contribution in [3.05, 3.63) is 60.7 Å². The van der Waals surface area contributed by atoms with E-state index < -0.39 is 0 Å². The van der Waals surface area contributed by atoms with Crippen LogP contribution in [0.15, 0.2) is 55.1 Å². The maximum atomic E-state index is 11.6. The Bertz CT molecular complexity index is 870. The lowest BCUT2D eigenvalue weighted by molar-refractivity contribution is -0.137. The molecule has 0 amide bonds. The molecule has 0 unspecified atom stereocenters. The van der Waals surface area contributed by atoms with Gasteiger partial charge >= 0.3 is 5.97 Å². The molecule has 0 saturated carbocycles. The Hall–Kier alpha value is -3.15. The van der Waals surface area contributed by atoms with E-state index in [0.29, 0.717) is 6.61 Å². The summed E-state index contributed by atoms with van der Waals surface area (Å²) in [7, 11) is 0. The quantitative estimate of drug-likeness (QED) is 0.567. The summed E-state index contributed by atoms with van der Waals surface area (Å²) in [6.07, 6.45) is 6.65. The molecule has 2 aromatic rings. The Morgan fingerprint density at radius 3 is 2.79 bits per heavy atom. The van der Waals surface area contributed by atoms with Crippen molar-refractivity contribution in [2.24, 2.45) is 0 Å². The van der Waals surface area contributed by atoms with E-state index in [1.807, 2.05) is 37.4 Å². The van der Waals surface area contributed by atoms with Gasteiger partial charge in [-0.05, 0) is 37.1 Å². The molecule has 6 nitrogen and oxygen atoms in total. The number of allylic oxidation sites excluding steroid dienone is 1. The molecule has 28 heavy (non-hydrogen) atoms. The van der Waals surface area contributed by atoms with Crippen LogP contribution >= 0.6 is 0 Å². The first-order valence-corrected chi connectivity index (χ1v) is 9.49. The zero-order chi connectivity index (χ0) is 19.9. The van der Waals surface area contributed by atoms with Gasteiger partial charge in [-0.1, -0.05) is 24.8 Å². The Kier molecular flexibility index (Phi) is 6.42. The van der Waals surface area contributed by atoms with Crippen LogP contribution in [0.25, 0.3) is 17.2 Å². The van der Waals surface area contributed by atoms with Crippen LogP contribution in [0, 0.1) is 0 Å². The zero-order valence-electron chi connectivity index (χ0n) is 16.5. The number of rotatable bonds is 6. The van der Waals surface area contributed by atoms with Gasteiger partial charge in [-0.3, -0.25) is 0 Å². The number of ether oxygens (including phenoxy) is 1. The first-order chi connectivity index (χ1) is 13.6. The molecule has 0 spiro atoms. The standard InChI is InChI=1S/C22H26N4O2/c1-4-28-21(27)9-8-18-6-5-7-19(14-18)20-15-23-16-24-22(20)26-12-10-25(11-13-26)17(2)3/h5-9,14-16H,2,4,10-13H2,1,3H3/b9-8+. The van der Waals surface area contributed by atoms with E-state index in [0.717, 1.165) is 54.4 Å². The second-order valence-corrected chi connectivity index (χ2v) is 6.68. The number of benzene rings is 1. The molecule has 1 fully saturated rings. The Balaban J connectivity index is 1.82. The molecule has 2 heterocycles. The van der Waals surface area contributed by atoms with Crippen molar-refractivity contribution >= 4 is 17.9 Å². The molecule has 3 rings (SSSR count). The molecular weight excluding hydrogens is 352 g/mol. The maximum absolute atomic E-state index is 11.6. The van der Waals surface area contributed by atoms with Crippen LogP contribution in [-0.4, -0.2) is 53.6 Å². The summed E-state index contributed by atoms with van der Waals surface area (Å²) in [5.41, 5.74) is 4.03. The van der Waals surface area contributed by atoms with E-state index in [1.165, 1.54) is 6.08 Å². The van der Waals surface area contributed by atoms with E-state index in [2.05, 4.69) is 26.3 Å². The second kappa shape index (κ2) is 9.17. The highest BCUT2D eigenvalue weighted by molar-refractivity contribution is 5.87. The molecule has 1 aromatic heterocycles. The Morgan fingerprint density at radius 1 is 1.29 bits per heavy atom. The van der Waals surface area contributed by atoms with Gasteiger partial charge in [-0.15, -0.1) is 0 Å². The first-order valence-electron chi connectivity index (χ1n) is 9.49. The monoisotopic (exact) mass is 378 g/mol. The average Bonchev–Trinajstić information content (AvgIpc) is 2.73. The van der Waals surface area contributed by atoms with Crippen molar-refractivity contribution < 1.29 is 9.53 Å². The maximum Gasteiger partial charge on any atom is 0.330 e. The van der Waals surface area contributed by atoms with Gasteiger partial charge in [0.2, 0.25) is 0 Å². The van der Waals surface area contributed by atoms with Crippen LogP contribution in [0.3, 0.4) is 0 Å². The predicted molar refractivity (Wildman–Crippen MR) is 112 cm³/mol. The van der Waals surface area contributed by atoms with Gasteiger partial charge in [0.15, 0.2) is 0 Å². The van der Waals surface area contributed by atoms with E-state index in [1.54, 1.807) is 19.3 Å². The second-order valence-electron chi connectivity index (χ2n) is 6.68. The molecule has 0 N–H and O–H groups in total. The van der Waals surface area contributed by atoms with Crippen molar-refractivity contribution in [2.75, 3.05) is 37.7 Å². The normalized spacial score (nSPS) is 14.4. The summed E-state index contributed by atoms with van der Waals surface area (Å²) >= 11 is 0. The van der Waals surface area contributed by atoms with Gasteiger partial charge in [0.05, 0.1) is 6.61 Å². The number of piperazine rings is 1. The van der Waals surface area contributed by atoms with Crippen molar-refractivity contribution in [3.8, 4) is 11.1 Å². The van der Waals surface area contributed by atoms with Gasteiger partial charge in [0, 0.05) is 49.7 Å². The fourth-order valence-corrected chi connectivity index (χ4v) is 3.24. The zero-order valence-corrected chi connectivity index (χ0v) is 16.5. The number of aromatic nitrogens is 2. The largest absolute Gasteiger partial charge is 0.463 e. The third kappa shape index (κ3) is 4.76. The molecule has 1 aromatic carbocycles. The molecule has 0 atom stereocenters. The lowest BCUT2D eigenvalue weighted by Gasteiger charge is -2.37. The molecule has 0 radical (unpaired) electrons. The Labute approximate surface area is 166 Å². The molecule has 0 aliphatic carbocycles. The first kappa shape index (κ1) is 19.6. The van der Waals surface area contributed by atoms with E-state index in [-0.39, 0.29) is 5.97 Å². The summed E-state index contributed by atoms with van der Waals surface area (Å²) in [4.78, 5) is 24.9. The number of hydrogen-bond acceptors (Lipinski definition) is 6. The number of esters is 1. The number of anilines is 1. The number of nitrogens with zero attached hydrogens (tertiary/aromatic N) is 4. The van der Waals surface area contributed by atoms with Crippen LogP contribution in [0.1, 0.15) is 19.4 Å². The van der Waals surface area contributed by atoms with Gasteiger partial charge < -0.3 is 14.5 Å². The number of carbonyl (C=O) groups is 1. The third-order valence-electron chi connectivity index (χ3n) is 4.71. The van der Waals surface area contributed by atoms with Crippen molar-refractivity contribution in [1.29, 1.82) is 0 Å². The van der Waals surface area contributed by atoms with Crippen molar-refractivity contribution in [1.82, 2.24) is 14.9 Å². The minimum Gasteiger partial charge on any atom is -0.463 e. The molecule has 0 bridgehead atoms. The SMILES string of the molecule is C=C(C)N1CCN(c2ncncc2-c2cccc(/C=C/C(=O)OCC)c2)CC1. The van der Waals surface area contributed by atoms with Gasteiger partial charge in [-0.2, -0.15) is 0 Å². The third-order valence-corrected chi connectivity index (χ3v) is 4.71. The molecule has 1 saturated heterocycles. The topological polar surface area (TPSA) is 58.6 Å². The summed E-state index contributed by atoms with van der Waals surface area (Å²) in [6.45, 7) is 11.9. The summed E-state index contributed by atoms with van der Waals surface area (Å²) in [5.74, 6) is 0.593. The fourth-order valence-electron chi connectivity index (χ4n) is 3.24. The highest BCUT2D eigenvalue weighted by atomic mass is 16.5. The molecular formula is C22H26N4O2. The number of hydrogen-bond donors (Lipinski definition) is 0. The molecule has 1 aliphatic heterocycles. The fraction of sp³-hybridized carbons (Fsp3) is 0.318. The van der Waals surface area contributed by atoms with Crippen LogP contribution in [0.4, 0.5) is 5.82 Å². The molecule has 146 valence electrons. The van der Waals surface area contributed by atoms with Crippen LogP contribution in [0.5, 0.6) is 0 Å². The molecule has 1 aliphatic rings. The van der Waals surface area contributed by atoms with E-state index >= 15 is 0 Å². The minimum absolute atomic E-state index is 0.341. The van der Waals surface area contributed by atoms with Crippen LogP contribution in [-0.2, 0) is 9.53 Å². The summed E-state index contributed by atoms with van der Waals surface area (Å²) < 4.78 is 4.94.